The van der Waals surface area contributed by atoms with E-state index in [2.05, 4.69) is 10.2 Å². The van der Waals surface area contributed by atoms with Crippen molar-refractivity contribution in [1.82, 2.24) is 10.2 Å². The highest BCUT2D eigenvalue weighted by molar-refractivity contribution is 6.30. The molecule has 3 N–H and O–H groups in total. The minimum Gasteiger partial charge on any atom is -0.385 e. The van der Waals surface area contributed by atoms with Crippen molar-refractivity contribution in [3.63, 3.8) is 0 Å². The fraction of sp³-hybridized carbons (Fsp3) is 0.286. The third kappa shape index (κ3) is 3.90. The van der Waals surface area contributed by atoms with Crippen LogP contribution in [0.4, 0.5) is 4.39 Å². The number of likely N-dealkylation sites (tertiary alicyclic amines) is 1. The van der Waals surface area contributed by atoms with E-state index in [1.54, 1.807) is 12.1 Å². The van der Waals surface area contributed by atoms with E-state index in [0.29, 0.717) is 17.9 Å². The van der Waals surface area contributed by atoms with Crippen LogP contribution in [0.3, 0.4) is 0 Å². The van der Waals surface area contributed by atoms with E-state index in [0.717, 1.165) is 42.0 Å². The number of halogens is 2. The summed E-state index contributed by atoms with van der Waals surface area (Å²) in [6.45, 7) is 2.56. The molecule has 140 valence electrons. The standard InChI is InChI=1S/C21H21ClFN3O/c22-18-5-3-17(4-6-18)21(27)9-11-26(12-10-21)14-16-13-24-25-20(16)15-1-7-19(23)8-2-15/h1-8,13,27H,9-12,14H2,(H,24,25)/p+1. The Labute approximate surface area is 162 Å². The van der Waals surface area contributed by atoms with Gasteiger partial charge in [0, 0.05) is 23.4 Å². The van der Waals surface area contributed by atoms with Crippen LogP contribution >= 0.6 is 11.6 Å². The first kappa shape index (κ1) is 18.2. The zero-order valence-corrected chi connectivity index (χ0v) is 15.6. The quantitative estimate of drug-likeness (QED) is 0.645. The first-order valence-corrected chi connectivity index (χ1v) is 9.51. The molecule has 0 saturated carbocycles. The van der Waals surface area contributed by atoms with Crippen molar-refractivity contribution in [2.45, 2.75) is 25.0 Å². The van der Waals surface area contributed by atoms with Crippen molar-refractivity contribution in [2.75, 3.05) is 13.1 Å². The lowest BCUT2D eigenvalue weighted by molar-refractivity contribution is -0.921. The van der Waals surface area contributed by atoms with Gasteiger partial charge in [-0.05, 0) is 42.0 Å². The summed E-state index contributed by atoms with van der Waals surface area (Å²) in [7, 11) is 0. The summed E-state index contributed by atoms with van der Waals surface area (Å²) in [5, 5.41) is 18.9. The monoisotopic (exact) mass is 386 g/mol. The molecule has 2 aromatic carbocycles. The van der Waals surface area contributed by atoms with E-state index >= 15 is 0 Å². The van der Waals surface area contributed by atoms with Crippen molar-refractivity contribution in [3.8, 4) is 11.3 Å². The minimum absolute atomic E-state index is 0.247. The molecule has 2 heterocycles. The number of nitrogens with one attached hydrogen (secondary N) is 2. The smallest absolute Gasteiger partial charge is 0.123 e. The van der Waals surface area contributed by atoms with Crippen LogP contribution in [-0.4, -0.2) is 28.4 Å². The van der Waals surface area contributed by atoms with Gasteiger partial charge < -0.3 is 10.0 Å². The van der Waals surface area contributed by atoms with E-state index in [-0.39, 0.29) is 5.82 Å². The normalized spacial score (nSPS) is 22.7. The lowest BCUT2D eigenvalue weighted by Crippen LogP contribution is -3.12. The third-order valence-corrected chi connectivity index (χ3v) is 5.71. The molecule has 27 heavy (non-hydrogen) atoms. The summed E-state index contributed by atoms with van der Waals surface area (Å²) < 4.78 is 13.2. The van der Waals surface area contributed by atoms with Crippen LogP contribution < -0.4 is 4.90 Å². The van der Waals surface area contributed by atoms with Gasteiger partial charge in [0.05, 0.1) is 30.5 Å². The highest BCUT2D eigenvalue weighted by atomic mass is 35.5. The van der Waals surface area contributed by atoms with Gasteiger partial charge in [-0.15, -0.1) is 0 Å². The predicted molar refractivity (Wildman–Crippen MR) is 103 cm³/mol. The molecule has 0 amide bonds. The average Bonchev–Trinajstić information content (AvgIpc) is 3.13. The van der Waals surface area contributed by atoms with Crippen molar-refractivity contribution >= 4 is 11.6 Å². The first-order chi connectivity index (χ1) is 13.0. The lowest BCUT2D eigenvalue weighted by atomic mass is 9.84. The van der Waals surface area contributed by atoms with Crippen LogP contribution in [0.25, 0.3) is 11.3 Å². The molecule has 1 aromatic heterocycles. The predicted octanol–water partition coefficient (Wildman–Crippen LogP) is 2.94. The van der Waals surface area contributed by atoms with Crippen LogP contribution in [-0.2, 0) is 12.1 Å². The van der Waals surface area contributed by atoms with E-state index in [1.807, 2.05) is 30.5 Å². The molecule has 1 fully saturated rings. The second kappa shape index (κ2) is 7.43. The van der Waals surface area contributed by atoms with Gasteiger partial charge in [-0.3, -0.25) is 5.10 Å². The van der Waals surface area contributed by atoms with Crippen molar-refractivity contribution in [1.29, 1.82) is 0 Å². The molecule has 1 aliphatic heterocycles. The summed E-state index contributed by atoms with van der Waals surface area (Å²) in [6.07, 6.45) is 3.24. The summed E-state index contributed by atoms with van der Waals surface area (Å²) in [5.41, 5.74) is 3.11. The SMILES string of the molecule is OC1(c2ccc(Cl)cc2)CC[NH+](Cc2cn[nH]c2-c2ccc(F)cc2)CC1. The Bertz CT molecular complexity index is 900. The molecule has 4 rings (SSSR count). The number of aromatic nitrogens is 2. The molecular weight excluding hydrogens is 365 g/mol. The maximum absolute atomic E-state index is 13.2. The van der Waals surface area contributed by atoms with Gasteiger partial charge in [-0.25, -0.2) is 4.39 Å². The Kier molecular flexibility index (Phi) is 5.00. The van der Waals surface area contributed by atoms with E-state index < -0.39 is 5.60 Å². The fourth-order valence-corrected chi connectivity index (χ4v) is 3.95. The number of nitrogens with zero attached hydrogens (tertiary/aromatic N) is 1. The summed E-state index contributed by atoms with van der Waals surface area (Å²) in [5.74, 6) is -0.247. The number of aliphatic hydroxyl groups is 1. The summed E-state index contributed by atoms with van der Waals surface area (Å²) >= 11 is 5.96. The molecule has 1 aliphatic rings. The number of hydrogen-bond donors (Lipinski definition) is 3. The Morgan fingerprint density at radius 2 is 1.74 bits per heavy atom. The number of benzene rings is 2. The molecule has 0 bridgehead atoms. The Morgan fingerprint density at radius 1 is 1.07 bits per heavy atom. The summed E-state index contributed by atoms with van der Waals surface area (Å²) in [6, 6.07) is 13.9. The van der Waals surface area contributed by atoms with E-state index in [1.165, 1.54) is 17.0 Å². The average molecular weight is 387 g/mol. The Hall–Kier alpha value is -2.21. The number of aromatic amines is 1. The maximum Gasteiger partial charge on any atom is 0.123 e. The Morgan fingerprint density at radius 3 is 2.41 bits per heavy atom. The van der Waals surface area contributed by atoms with Crippen LogP contribution in [0.1, 0.15) is 24.0 Å². The van der Waals surface area contributed by atoms with Gasteiger partial charge in [0.25, 0.3) is 0 Å². The molecule has 1 saturated heterocycles. The topological polar surface area (TPSA) is 53.4 Å². The van der Waals surface area contributed by atoms with Crippen LogP contribution in [0.2, 0.25) is 5.02 Å². The van der Waals surface area contributed by atoms with Gasteiger partial charge in [0.1, 0.15) is 18.0 Å². The number of H-pyrrole nitrogens is 1. The van der Waals surface area contributed by atoms with E-state index in [4.69, 9.17) is 11.6 Å². The molecule has 0 spiro atoms. The van der Waals surface area contributed by atoms with Gasteiger partial charge in [-0.1, -0.05) is 23.7 Å². The number of hydrogen-bond acceptors (Lipinski definition) is 2. The first-order valence-electron chi connectivity index (χ1n) is 9.14. The second-order valence-electron chi connectivity index (χ2n) is 7.24. The molecule has 0 radical (unpaired) electrons. The number of piperidine rings is 1. The second-order valence-corrected chi connectivity index (χ2v) is 7.68. The third-order valence-electron chi connectivity index (χ3n) is 5.46. The van der Waals surface area contributed by atoms with Gasteiger partial charge in [0.15, 0.2) is 0 Å². The fourth-order valence-electron chi connectivity index (χ4n) is 3.82. The van der Waals surface area contributed by atoms with Crippen molar-refractivity contribution < 1.29 is 14.4 Å². The van der Waals surface area contributed by atoms with Gasteiger partial charge >= 0.3 is 0 Å². The zero-order chi connectivity index (χ0) is 18.9. The maximum atomic E-state index is 13.2. The molecule has 0 aliphatic carbocycles. The lowest BCUT2D eigenvalue weighted by Gasteiger charge is -2.36. The molecule has 3 aromatic rings. The number of quaternary nitrogens is 1. The van der Waals surface area contributed by atoms with Crippen LogP contribution in [0, 0.1) is 5.82 Å². The zero-order valence-electron chi connectivity index (χ0n) is 14.9. The Balaban J connectivity index is 1.44. The van der Waals surface area contributed by atoms with Crippen molar-refractivity contribution in [3.05, 3.63) is 76.7 Å². The van der Waals surface area contributed by atoms with Gasteiger partial charge in [0.2, 0.25) is 0 Å². The largest absolute Gasteiger partial charge is 0.385 e. The molecule has 6 heteroatoms. The molecule has 0 atom stereocenters. The molecule has 0 unspecified atom stereocenters. The van der Waals surface area contributed by atoms with Crippen molar-refractivity contribution in [2.24, 2.45) is 0 Å². The number of rotatable bonds is 4. The molecule has 4 nitrogen and oxygen atoms in total. The van der Waals surface area contributed by atoms with Gasteiger partial charge in [-0.2, -0.15) is 5.10 Å². The molecular formula is C21H22ClFN3O+. The minimum atomic E-state index is -0.787. The van der Waals surface area contributed by atoms with Crippen LogP contribution in [0.15, 0.2) is 54.7 Å². The highest BCUT2D eigenvalue weighted by Gasteiger charge is 2.36. The summed E-state index contributed by atoms with van der Waals surface area (Å²) in [4.78, 5) is 1.40. The highest BCUT2D eigenvalue weighted by Crippen LogP contribution is 2.30. The van der Waals surface area contributed by atoms with E-state index in [9.17, 15) is 9.50 Å². The van der Waals surface area contributed by atoms with Crippen LogP contribution in [0.5, 0.6) is 0 Å².